The highest BCUT2D eigenvalue weighted by Gasteiger charge is 2.31. The molecule has 2 fully saturated rings. The number of nitrogens with two attached hydrogens (primary N) is 1. The number of nitrogen functional groups attached to an aromatic ring is 1. The van der Waals surface area contributed by atoms with Crippen LogP contribution in [0.5, 0.6) is 0 Å². The van der Waals surface area contributed by atoms with Crippen LogP contribution in [-0.4, -0.2) is 76.5 Å². The van der Waals surface area contributed by atoms with Crippen LogP contribution in [0, 0.1) is 10.1 Å². The minimum Gasteiger partial charge on any atom is -0.378 e. The van der Waals surface area contributed by atoms with E-state index >= 15 is 0 Å². The summed E-state index contributed by atoms with van der Waals surface area (Å²) in [6.45, 7) is 9.44. The molecule has 3 rings (SSSR count). The summed E-state index contributed by atoms with van der Waals surface area (Å²) >= 11 is 0. The lowest BCUT2D eigenvalue weighted by Crippen LogP contribution is -2.50. The van der Waals surface area contributed by atoms with Crippen LogP contribution in [0.1, 0.15) is 13.3 Å². The van der Waals surface area contributed by atoms with E-state index < -0.39 is 4.92 Å². The molecular weight excluding hydrogens is 298 g/mol. The first kappa shape index (κ1) is 15.9. The minimum atomic E-state index is -0.556. The smallest absolute Gasteiger partial charge is 0.329 e. The lowest BCUT2D eigenvalue weighted by atomic mass is 10.2. The molecule has 3 heterocycles. The minimum absolute atomic E-state index is 0.0694. The number of hydrogen-bond donors (Lipinski definition) is 1. The molecule has 2 aliphatic rings. The quantitative estimate of drug-likeness (QED) is 0.619. The van der Waals surface area contributed by atoms with Gasteiger partial charge in [-0.25, -0.2) is 4.98 Å². The van der Waals surface area contributed by atoms with Crippen molar-refractivity contribution in [2.24, 2.45) is 0 Å². The maximum atomic E-state index is 10.8. The zero-order valence-electron chi connectivity index (χ0n) is 13.4. The van der Waals surface area contributed by atoms with Gasteiger partial charge in [-0.3, -0.25) is 15.0 Å². The lowest BCUT2D eigenvalue weighted by Gasteiger charge is -2.37. The van der Waals surface area contributed by atoms with Gasteiger partial charge in [0.05, 0.1) is 4.92 Å². The zero-order chi connectivity index (χ0) is 16.4. The summed E-state index contributed by atoms with van der Waals surface area (Å²) in [5.74, 6) is 0.419. The van der Waals surface area contributed by atoms with E-state index in [-0.39, 0.29) is 11.5 Å². The van der Waals surface area contributed by atoms with Crippen molar-refractivity contribution in [3.05, 3.63) is 16.3 Å². The highest BCUT2D eigenvalue weighted by molar-refractivity contribution is 5.54. The fraction of sp³-hybridized carbons (Fsp3) is 0.714. The first-order valence-corrected chi connectivity index (χ1v) is 8.06. The molecule has 1 aromatic rings. The van der Waals surface area contributed by atoms with Gasteiger partial charge in [0.2, 0.25) is 11.8 Å². The van der Waals surface area contributed by atoms with Crippen molar-refractivity contribution in [1.82, 2.24) is 19.8 Å². The van der Waals surface area contributed by atoms with Crippen molar-refractivity contribution in [1.29, 1.82) is 0 Å². The van der Waals surface area contributed by atoms with Crippen molar-refractivity contribution >= 4 is 17.5 Å². The molecule has 23 heavy (non-hydrogen) atoms. The van der Waals surface area contributed by atoms with Gasteiger partial charge in [0.15, 0.2) is 0 Å². The van der Waals surface area contributed by atoms with E-state index in [0.717, 1.165) is 52.2 Å². The first-order chi connectivity index (χ1) is 11.1. The molecule has 2 aliphatic heterocycles. The van der Waals surface area contributed by atoms with Gasteiger partial charge in [0.25, 0.3) is 0 Å². The number of anilines is 2. The maximum absolute atomic E-state index is 10.8. The summed E-state index contributed by atoms with van der Waals surface area (Å²) in [4.78, 5) is 25.5. The largest absolute Gasteiger partial charge is 0.378 e. The molecule has 9 heteroatoms. The van der Waals surface area contributed by atoms with Gasteiger partial charge in [-0.05, 0) is 13.0 Å². The Morgan fingerprint density at radius 2 is 2.09 bits per heavy atom. The second-order valence-corrected chi connectivity index (χ2v) is 6.06. The molecule has 0 aliphatic carbocycles. The summed E-state index contributed by atoms with van der Waals surface area (Å²) in [6, 6.07) is 0.494. The van der Waals surface area contributed by atoms with Crippen molar-refractivity contribution in [3.63, 3.8) is 0 Å². The Hall–Kier alpha value is -2.00. The SMILES string of the molecule is CCN1CCN(C2CCN(c3ncc([N+](=O)[O-])c(N)n3)C2)CC1. The van der Waals surface area contributed by atoms with Gasteiger partial charge in [0.1, 0.15) is 6.20 Å². The summed E-state index contributed by atoms with van der Waals surface area (Å²) in [5, 5.41) is 10.8. The molecule has 0 radical (unpaired) electrons. The molecule has 1 aromatic heterocycles. The summed E-state index contributed by atoms with van der Waals surface area (Å²) < 4.78 is 0. The van der Waals surface area contributed by atoms with Crippen LogP contribution in [0.2, 0.25) is 0 Å². The van der Waals surface area contributed by atoms with E-state index in [1.165, 1.54) is 6.20 Å². The molecule has 0 saturated carbocycles. The first-order valence-electron chi connectivity index (χ1n) is 8.06. The Morgan fingerprint density at radius 3 is 2.70 bits per heavy atom. The van der Waals surface area contributed by atoms with Crippen molar-refractivity contribution < 1.29 is 4.92 Å². The molecule has 1 unspecified atom stereocenters. The van der Waals surface area contributed by atoms with Crippen molar-refractivity contribution in [2.75, 3.05) is 56.4 Å². The molecule has 2 N–H and O–H groups in total. The molecule has 0 spiro atoms. The summed E-state index contributed by atoms with van der Waals surface area (Å²) in [6.07, 6.45) is 2.26. The van der Waals surface area contributed by atoms with Gasteiger partial charge < -0.3 is 15.5 Å². The van der Waals surface area contributed by atoms with Gasteiger partial charge in [0, 0.05) is 45.3 Å². The monoisotopic (exact) mass is 321 g/mol. The normalized spacial score (nSPS) is 23.3. The van der Waals surface area contributed by atoms with E-state index in [9.17, 15) is 10.1 Å². The Balaban J connectivity index is 1.61. The average molecular weight is 321 g/mol. The number of nitro groups is 1. The average Bonchev–Trinajstić information content (AvgIpc) is 3.04. The van der Waals surface area contributed by atoms with Crippen LogP contribution < -0.4 is 10.6 Å². The van der Waals surface area contributed by atoms with E-state index in [4.69, 9.17) is 5.73 Å². The van der Waals surface area contributed by atoms with E-state index in [2.05, 4.69) is 31.6 Å². The van der Waals surface area contributed by atoms with Gasteiger partial charge >= 0.3 is 5.69 Å². The molecule has 0 amide bonds. The van der Waals surface area contributed by atoms with Crippen LogP contribution in [-0.2, 0) is 0 Å². The standard InChI is InChI=1S/C14H23N7O2/c1-2-18-5-7-19(8-6-18)11-3-4-20(10-11)14-16-9-12(21(22)23)13(15)17-14/h9,11H,2-8,10H2,1H3,(H2,15,16,17). The topological polar surface area (TPSA) is 105 Å². The number of piperazine rings is 1. The molecule has 0 aromatic carbocycles. The van der Waals surface area contributed by atoms with Crippen molar-refractivity contribution in [2.45, 2.75) is 19.4 Å². The Bertz CT molecular complexity index is 574. The molecular formula is C14H23N7O2. The molecule has 0 bridgehead atoms. The summed E-state index contributed by atoms with van der Waals surface area (Å²) in [7, 11) is 0. The predicted octanol–water partition coefficient (Wildman–Crippen LogP) is 0.183. The maximum Gasteiger partial charge on any atom is 0.329 e. The molecule has 1 atom stereocenters. The van der Waals surface area contributed by atoms with Crippen LogP contribution in [0.15, 0.2) is 6.20 Å². The molecule has 2 saturated heterocycles. The third-order valence-electron chi connectivity index (χ3n) is 4.80. The van der Waals surface area contributed by atoms with Gasteiger partial charge in [-0.2, -0.15) is 4.98 Å². The van der Waals surface area contributed by atoms with E-state index in [1.807, 2.05) is 0 Å². The Labute approximate surface area is 135 Å². The second-order valence-electron chi connectivity index (χ2n) is 6.06. The highest BCUT2D eigenvalue weighted by Crippen LogP contribution is 2.24. The number of hydrogen-bond acceptors (Lipinski definition) is 8. The Morgan fingerprint density at radius 1 is 1.35 bits per heavy atom. The Kier molecular flexibility index (Phi) is 4.58. The van der Waals surface area contributed by atoms with Crippen LogP contribution in [0.3, 0.4) is 0 Å². The fourth-order valence-electron chi connectivity index (χ4n) is 3.34. The van der Waals surface area contributed by atoms with Gasteiger partial charge in [-0.15, -0.1) is 0 Å². The third kappa shape index (κ3) is 3.35. The lowest BCUT2D eigenvalue weighted by molar-refractivity contribution is -0.384. The predicted molar refractivity (Wildman–Crippen MR) is 87.4 cm³/mol. The zero-order valence-corrected chi connectivity index (χ0v) is 13.4. The molecule has 9 nitrogen and oxygen atoms in total. The van der Waals surface area contributed by atoms with Crippen LogP contribution >= 0.6 is 0 Å². The van der Waals surface area contributed by atoms with E-state index in [1.54, 1.807) is 0 Å². The highest BCUT2D eigenvalue weighted by atomic mass is 16.6. The number of likely N-dealkylation sites (N-methyl/N-ethyl adjacent to an activating group) is 1. The van der Waals surface area contributed by atoms with Crippen molar-refractivity contribution in [3.8, 4) is 0 Å². The fourth-order valence-corrected chi connectivity index (χ4v) is 3.34. The third-order valence-corrected chi connectivity index (χ3v) is 4.80. The summed E-state index contributed by atoms with van der Waals surface area (Å²) in [5.41, 5.74) is 5.43. The van der Waals surface area contributed by atoms with Gasteiger partial charge in [-0.1, -0.05) is 6.92 Å². The molecule has 126 valence electrons. The van der Waals surface area contributed by atoms with Crippen LogP contribution in [0.25, 0.3) is 0 Å². The number of nitrogens with zero attached hydrogens (tertiary/aromatic N) is 6. The number of aromatic nitrogens is 2. The van der Waals surface area contributed by atoms with Crippen LogP contribution in [0.4, 0.5) is 17.5 Å². The van der Waals surface area contributed by atoms with E-state index in [0.29, 0.717) is 12.0 Å². The second kappa shape index (κ2) is 6.63. The number of rotatable bonds is 4.